The van der Waals surface area contributed by atoms with Gasteiger partial charge < -0.3 is 15.0 Å². The lowest BCUT2D eigenvalue weighted by Gasteiger charge is -2.37. The Hall–Kier alpha value is -4.88. The minimum Gasteiger partial charge on any atom is -0.488 e. The molecule has 2 aliphatic rings. The number of aryl methyl sites for hydroxylation is 3. The standard InChI is InChI=1S/C40H48N8O4S/c1-7-31-25-47(53(50,51)35-14-10-9-13-34(35)52-31)24-29-21-28(16-15-26(29)3)36(32-17-18-33-37(27(32)4)44-45-48(33)8-2)40(5,6)43-38(49)30-22-41-39(42-23-30)46-19-11-12-20-46/h9-10,13-18,21-23,31,36H,7-8,11-12,19-20,24-25H2,1-6H3,(H,43,49)/t31-,36?/m1/s1. The molecule has 2 aromatic heterocycles. The molecule has 1 amide bonds. The molecule has 1 N–H and O–H groups in total. The van der Waals surface area contributed by atoms with Crippen LogP contribution in [0.15, 0.2) is 71.9 Å². The van der Waals surface area contributed by atoms with E-state index in [1.165, 1.54) is 4.31 Å². The van der Waals surface area contributed by atoms with Gasteiger partial charge in [-0.3, -0.25) is 4.79 Å². The van der Waals surface area contributed by atoms with E-state index < -0.39 is 15.6 Å². The number of rotatable bonds is 10. The largest absolute Gasteiger partial charge is 0.488 e. The summed E-state index contributed by atoms with van der Waals surface area (Å²) in [6.07, 6.45) is 5.77. The Morgan fingerprint density at radius 3 is 2.47 bits per heavy atom. The first-order valence-corrected chi connectivity index (χ1v) is 19.9. The Morgan fingerprint density at radius 2 is 1.75 bits per heavy atom. The van der Waals surface area contributed by atoms with Crippen LogP contribution in [0.1, 0.15) is 91.1 Å². The molecule has 2 atom stereocenters. The summed E-state index contributed by atoms with van der Waals surface area (Å²) < 4.78 is 37.8. The fourth-order valence-corrected chi connectivity index (χ4v) is 9.28. The number of fused-ring (bicyclic) bond motifs is 2. The number of amides is 1. The Labute approximate surface area is 311 Å². The zero-order valence-corrected chi connectivity index (χ0v) is 32.2. The highest BCUT2D eigenvalue weighted by Gasteiger charge is 2.38. The minimum atomic E-state index is -3.86. The highest BCUT2D eigenvalue weighted by Crippen LogP contribution is 2.40. The van der Waals surface area contributed by atoms with E-state index in [-0.39, 0.29) is 35.9 Å². The molecule has 5 aromatic rings. The first-order chi connectivity index (χ1) is 25.4. The quantitative estimate of drug-likeness (QED) is 0.179. The summed E-state index contributed by atoms with van der Waals surface area (Å²) in [5.41, 5.74) is 5.98. The molecule has 0 aliphatic carbocycles. The van der Waals surface area contributed by atoms with E-state index >= 15 is 0 Å². The molecule has 278 valence electrons. The summed E-state index contributed by atoms with van der Waals surface area (Å²) in [7, 11) is -3.86. The Kier molecular flexibility index (Phi) is 9.98. The Bertz CT molecular complexity index is 2250. The molecule has 53 heavy (non-hydrogen) atoms. The predicted molar refractivity (Wildman–Crippen MR) is 205 cm³/mol. The third kappa shape index (κ3) is 6.99. The number of nitrogens with zero attached hydrogens (tertiary/aromatic N) is 7. The van der Waals surface area contributed by atoms with Gasteiger partial charge in [-0.25, -0.2) is 23.1 Å². The predicted octanol–water partition coefficient (Wildman–Crippen LogP) is 6.16. The van der Waals surface area contributed by atoms with Crippen LogP contribution in [0.4, 0.5) is 5.95 Å². The first-order valence-electron chi connectivity index (χ1n) is 18.5. The maximum absolute atomic E-state index is 14.1. The lowest BCUT2D eigenvalue weighted by Crippen LogP contribution is -2.48. The van der Waals surface area contributed by atoms with Crippen molar-refractivity contribution in [1.82, 2.24) is 34.6 Å². The summed E-state index contributed by atoms with van der Waals surface area (Å²) in [6, 6.07) is 17.2. The van der Waals surface area contributed by atoms with Crippen molar-refractivity contribution in [2.45, 2.75) is 96.4 Å². The molecule has 7 rings (SSSR count). The van der Waals surface area contributed by atoms with Gasteiger partial charge in [-0.1, -0.05) is 48.5 Å². The molecule has 12 nitrogen and oxygen atoms in total. The Morgan fingerprint density at radius 1 is 1.02 bits per heavy atom. The van der Waals surface area contributed by atoms with Gasteiger partial charge in [0.1, 0.15) is 22.3 Å². The number of sulfonamides is 1. The molecule has 1 fully saturated rings. The van der Waals surface area contributed by atoms with Crippen molar-refractivity contribution in [3.63, 3.8) is 0 Å². The van der Waals surface area contributed by atoms with Gasteiger partial charge in [0.2, 0.25) is 16.0 Å². The number of carbonyl (C=O) groups excluding carboxylic acids is 1. The number of anilines is 1. The van der Waals surface area contributed by atoms with E-state index in [0.717, 1.165) is 64.8 Å². The summed E-state index contributed by atoms with van der Waals surface area (Å²) >= 11 is 0. The highest BCUT2D eigenvalue weighted by molar-refractivity contribution is 7.89. The lowest BCUT2D eigenvalue weighted by atomic mass is 9.74. The van der Waals surface area contributed by atoms with Crippen molar-refractivity contribution < 1.29 is 17.9 Å². The molecule has 13 heteroatoms. The number of benzene rings is 3. The molecule has 1 saturated heterocycles. The van der Waals surface area contributed by atoms with Crippen molar-refractivity contribution >= 4 is 32.9 Å². The van der Waals surface area contributed by atoms with Gasteiger partial charge in [0.15, 0.2) is 0 Å². The van der Waals surface area contributed by atoms with E-state index in [1.807, 2.05) is 58.4 Å². The van der Waals surface area contributed by atoms with Crippen LogP contribution in [0.3, 0.4) is 0 Å². The van der Waals surface area contributed by atoms with Crippen LogP contribution >= 0.6 is 0 Å². The molecule has 0 bridgehead atoms. The van der Waals surface area contributed by atoms with Crippen LogP contribution < -0.4 is 15.0 Å². The van der Waals surface area contributed by atoms with Crippen LogP contribution in [0.2, 0.25) is 0 Å². The highest BCUT2D eigenvalue weighted by atomic mass is 32.2. The van der Waals surface area contributed by atoms with E-state index in [0.29, 0.717) is 30.2 Å². The molecular weight excluding hydrogens is 689 g/mol. The molecule has 1 unspecified atom stereocenters. The minimum absolute atomic E-state index is 0.166. The van der Waals surface area contributed by atoms with Gasteiger partial charge in [-0.15, -0.1) is 5.10 Å². The third-order valence-corrected chi connectivity index (χ3v) is 12.6. The van der Waals surface area contributed by atoms with Crippen LogP contribution in [-0.4, -0.2) is 74.9 Å². The van der Waals surface area contributed by atoms with E-state index in [2.05, 4.69) is 48.7 Å². The fraction of sp³-hybridized carbons (Fsp3) is 0.425. The molecule has 3 aromatic carbocycles. The lowest BCUT2D eigenvalue weighted by molar-refractivity contribution is 0.0905. The van der Waals surface area contributed by atoms with Crippen molar-refractivity contribution in [2.75, 3.05) is 24.5 Å². The SMILES string of the molecule is CC[C@@H]1CN(Cc2cc(C(c3ccc4c(nnn4CC)c3C)C(C)(C)NC(=O)c3cnc(N4CCCC4)nc3)ccc2C)S(=O)(=O)c2ccccc2O1. The van der Waals surface area contributed by atoms with Crippen LogP contribution in [-0.2, 0) is 23.1 Å². The van der Waals surface area contributed by atoms with E-state index in [4.69, 9.17) is 4.74 Å². The smallest absolute Gasteiger partial charge is 0.254 e. The number of carbonyl (C=O) groups is 1. The topological polar surface area (TPSA) is 135 Å². The maximum Gasteiger partial charge on any atom is 0.254 e. The summed E-state index contributed by atoms with van der Waals surface area (Å²) in [4.78, 5) is 25.3. The van der Waals surface area contributed by atoms with E-state index in [1.54, 1.807) is 36.7 Å². The number of hydrogen-bond acceptors (Lipinski definition) is 9. The molecule has 2 aliphatic heterocycles. The number of nitrogens with one attached hydrogen (secondary N) is 1. The Balaban J connectivity index is 1.28. The van der Waals surface area contributed by atoms with Crippen LogP contribution in [0.25, 0.3) is 11.0 Å². The van der Waals surface area contributed by atoms with Gasteiger partial charge in [0.25, 0.3) is 5.91 Å². The average Bonchev–Trinajstić information content (AvgIpc) is 3.82. The van der Waals surface area contributed by atoms with Crippen molar-refractivity contribution in [2.24, 2.45) is 0 Å². The van der Waals surface area contributed by atoms with E-state index in [9.17, 15) is 13.2 Å². The summed E-state index contributed by atoms with van der Waals surface area (Å²) in [5.74, 6) is 0.377. The third-order valence-electron chi connectivity index (χ3n) is 10.7. The second-order valence-corrected chi connectivity index (χ2v) is 16.6. The number of hydrogen-bond donors (Lipinski definition) is 1. The second-order valence-electron chi connectivity index (χ2n) is 14.7. The molecular formula is C40H48N8O4S. The maximum atomic E-state index is 14.1. The van der Waals surface area contributed by atoms with Gasteiger partial charge in [-0.05, 0) is 99.9 Å². The fourth-order valence-electron chi connectivity index (χ4n) is 7.71. The number of para-hydroxylation sites is 1. The first kappa shape index (κ1) is 36.5. The number of aromatic nitrogens is 5. The van der Waals surface area contributed by atoms with Gasteiger partial charge in [0, 0.05) is 50.0 Å². The van der Waals surface area contributed by atoms with Crippen LogP contribution in [0, 0.1) is 13.8 Å². The van der Waals surface area contributed by atoms with Crippen molar-refractivity contribution in [3.8, 4) is 5.75 Å². The molecule has 4 heterocycles. The van der Waals surface area contributed by atoms with Crippen LogP contribution in [0.5, 0.6) is 5.75 Å². The summed E-state index contributed by atoms with van der Waals surface area (Å²) in [6.45, 7) is 15.0. The second kappa shape index (κ2) is 14.5. The van der Waals surface area contributed by atoms with Crippen molar-refractivity contribution in [3.05, 3.63) is 100 Å². The zero-order valence-electron chi connectivity index (χ0n) is 31.3. The molecule has 0 saturated carbocycles. The zero-order chi connectivity index (χ0) is 37.5. The summed E-state index contributed by atoms with van der Waals surface area (Å²) in [5, 5.41) is 12.2. The average molecular weight is 737 g/mol. The monoisotopic (exact) mass is 736 g/mol. The number of ether oxygens (including phenoxy) is 1. The molecule has 0 radical (unpaired) electrons. The van der Waals surface area contributed by atoms with Gasteiger partial charge >= 0.3 is 0 Å². The molecule has 0 spiro atoms. The van der Waals surface area contributed by atoms with Gasteiger partial charge in [-0.2, -0.15) is 4.31 Å². The van der Waals surface area contributed by atoms with Crippen molar-refractivity contribution in [1.29, 1.82) is 0 Å². The normalized spacial score (nSPS) is 18.0. The van der Waals surface area contributed by atoms with Gasteiger partial charge in [0.05, 0.1) is 17.6 Å².